The Morgan fingerprint density at radius 3 is 2.80 bits per heavy atom. The van der Waals surface area contributed by atoms with Crippen molar-refractivity contribution in [2.24, 2.45) is 17.6 Å². The van der Waals surface area contributed by atoms with Crippen LogP contribution >= 0.6 is 0 Å². The van der Waals surface area contributed by atoms with Gasteiger partial charge in [-0.15, -0.1) is 0 Å². The highest BCUT2D eigenvalue weighted by Gasteiger charge is 2.39. The lowest BCUT2D eigenvalue weighted by molar-refractivity contribution is -0.138. The van der Waals surface area contributed by atoms with Crippen LogP contribution in [0.1, 0.15) is 25.7 Å². The predicted octanol–water partition coefficient (Wildman–Crippen LogP) is 0.520. The molecular formula is C11H20N2O2. The van der Waals surface area contributed by atoms with Gasteiger partial charge in [-0.1, -0.05) is 0 Å². The fourth-order valence-corrected chi connectivity index (χ4v) is 3.13. The summed E-state index contributed by atoms with van der Waals surface area (Å²) in [6.45, 7) is 2.58. The zero-order valence-corrected chi connectivity index (χ0v) is 9.06. The average molecular weight is 212 g/mol. The largest absolute Gasteiger partial charge is 0.481 e. The van der Waals surface area contributed by atoms with Crippen molar-refractivity contribution >= 4 is 5.97 Å². The number of rotatable bonds is 4. The lowest BCUT2D eigenvalue weighted by atomic mass is 9.72. The van der Waals surface area contributed by atoms with Crippen LogP contribution in [0.15, 0.2) is 0 Å². The van der Waals surface area contributed by atoms with Crippen LogP contribution in [-0.2, 0) is 4.79 Å². The first kappa shape index (κ1) is 10.9. The first-order valence-electron chi connectivity index (χ1n) is 5.86. The standard InChI is InChI=1S/C11H20N2O2/c12-6-9-5-10-2-1-8(9)7-13(10)4-3-11(14)15/h8-10H,1-7,12H2,(H,14,15). The molecule has 3 N–H and O–H groups in total. The second-order valence-electron chi connectivity index (χ2n) is 4.86. The molecule has 86 valence electrons. The van der Waals surface area contributed by atoms with Crippen LogP contribution in [0.4, 0.5) is 0 Å². The van der Waals surface area contributed by atoms with E-state index in [4.69, 9.17) is 10.8 Å². The van der Waals surface area contributed by atoms with Crippen LogP contribution < -0.4 is 5.73 Å². The second kappa shape index (κ2) is 4.49. The van der Waals surface area contributed by atoms with Crippen molar-refractivity contribution in [3.63, 3.8) is 0 Å². The normalized spacial score (nSPS) is 35.7. The molecule has 3 fully saturated rings. The van der Waals surface area contributed by atoms with E-state index >= 15 is 0 Å². The molecule has 0 spiro atoms. The number of carboxylic acids is 1. The number of hydrogen-bond acceptors (Lipinski definition) is 3. The number of piperidine rings is 2. The summed E-state index contributed by atoms with van der Waals surface area (Å²) in [5.74, 6) is 0.713. The Morgan fingerprint density at radius 1 is 1.47 bits per heavy atom. The van der Waals surface area contributed by atoms with Gasteiger partial charge in [0.2, 0.25) is 0 Å². The molecule has 2 bridgehead atoms. The molecule has 2 heterocycles. The molecule has 0 amide bonds. The Balaban J connectivity index is 1.87. The van der Waals surface area contributed by atoms with E-state index in [9.17, 15) is 4.79 Å². The van der Waals surface area contributed by atoms with Crippen molar-refractivity contribution in [3.05, 3.63) is 0 Å². The number of hydrogen-bond donors (Lipinski definition) is 2. The summed E-state index contributed by atoms with van der Waals surface area (Å²) in [5, 5.41) is 8.67. The van der Waals surface area contributed by atoms with Gasteiger partial charge in [0.15, 0.2) is 0 Å². The van der Waals surface area contributed by atoms with E-state index in [0.29, 0.717) is 24.4 Å². The molecular weight excluding hydrogens is 192 g/mol. The maximum absolute atomic E-state index is 10.5. The molecule has 3 unspecified atom stereocenters. The predicted molar refractivity (Wildman–Crippen MR) is 57.5 cm³/mol. The van der Waals surface area contributed by atoms with E-state index in [0.717, 1.165) is 13.1 Å². The smallest absolute Gasteiger partial charge is 0.304 e. The molecule has 15 heavy (non-hydrogen) atoms. The van der Waals surface area contributed by atoms with Gasteiger partial charge >= 0.3 is 5.97 Å². The van der Waals surface area contributed by atoms with Crippen LogP contribution in [0.2, 0.25) is 0 Å². The summed E-state index contributed by atoms with van der Waals surface area (Å²) in [6.07, 6.45) is 3.98. The number of aliphatic carboxylic acids is 1. The lowest BCUT2D eigenvalue weighted by Crippen LogP contribution is -2.53. The first-order valence-corrected chi connectivity index (χ1v) is 5.86. The van der Waals surface area contributed by atoms with Gasteiger partial charge in [0, 0.05) is 19.1 Å². The quantitative estimate of drug-likeness (QED) is 0.713. The summed E-state index contributed by atoms with van der Waals surface area (Å²) in [7, 11) is 0. The zero-order valence-electron chi connectivity index (χ0n) is 9.06. The minimum atomic E-state index is -0.688. The van der Waals surface area contributed by atoms with Crippen LogP contribution in [0, 0.1) is 11.8 Å². The Labute approximate surface area is 90.4 Å². The Hall–Kier alpha value is -0.610. The van der Waals surface area contributed by atoms with Crippen molar-refractivity contribution in [1.29, 1.82) is 0 Å². The highest BCUT2D eigenvalue weighted by atomic mass is 16.4. The third-order valence-electron chi connectivity index (χ3n) is 4.01. The van der Waals surface area contributed by atoms with Crippen LogP contribution in [0.25, 0.3) is 0 Å². The van der Waals surface area contributed by atoms with E-state index in [1.54, 1.807) is 0 Å². The van der Waals surface area contributed by atoms with Crippen molar-refractivity contribution in [2.45, 2.75) is 31.7 Å². The molecule has 2 aliphatic heterocycles. The molecule has 0 aromatic heterocycles. The molecule has 3 atom stereocenters. The number of fused-ring (bicyclic) bond motifs is 3. The number of carbonyl (C=O) groups is 1. The van der Waals surface area contributed by atoms with Crippen molar-refractivity contribution < 1.29 is 9.90 Å². The number of nitrogens with zero attached hydrogens (tertiary/aromatic N) is 1. The summed E-state index contributed by atoms with van der Waals surface area (Å²) >= 11 is 0. The molecule has 4 nitrogen and oxygen atoms in total. The molecule has 3 rings (SSSR count). The van der Waals surface area contributed by atoms with Gasteiger partial charge in [-0.25, -0.2) is 0 Å². The Morgan fingerprint density at radius 2 is 2.27 bits per heavy atom. The maximum atomic E-state index is 10.5. The van der Waals surface area contributed by atoms with E-state index in [1.807, 2.05) is 0 Å². The van der Waals surface area contributed by atoms with Gasteiger partial charge in [-0.3, -0.25) is 9.69 Å². The minimum Gasteiger partial charge on any atom is -0.481 e. The summed E-state index contributed by atoms with van der Waals surface area (Å²) < 4.78 is 0. The fraction of sp³-hybridized carbons (Fsp3) is 0.909. The zero-order chi connectivity index (χ0) is 10.8. The van der Waals surface area contributed by atoms with Gasteiger partial charge in [-0.05, 0) is 37.6 Å². The Bertz CT molecular complexity index is 245. The monoisotopic (exact) mass is 212 g/mol. The molecule has 2 saturated heterocycles. The maximum Gasteiger partial charge on any atom is 0.304 e. The van der Waals surface area contributed by atoms with Crippen LogP contribution in [-0.4, -0.2) is 41.7 Å². The highest BCUT2D eigenvalue weighted by molar-refractivity contribution is 5.66. The van der Waals surface area contributed by atoms with Gasteiger partial charge in [0.1, 0.15) is 0 Å². The Kier molecular flexibility index (Phi) is 3.26. The van der Waals surface area contributed by atoms with E-state index < -0.39 is 5.97 Å². The van der Waals surface area contributed by atoms with Crippen molar-refractivity contribution in [3.8, 4) is 0 Å². The molecule has 1 saturated carbocycles. The van der Waals surface area contributed by atoms with Crippen molar-refractivity contribution in [2.75, 3.05) is 19.6 Å². The van der Waals surface area contributed by atoms with Gasteiger partial charge in [-0.2, -0.15) is 0 Å². The lowest BCUT2D eigenvalue weighted by Gasteiger charge is -2.49. The molecule has 0 aromatic rings. The first-order chi connectivity index (χ1) is 7.20. The number of carboxylic acid groups (broad SMARTS) is 1. The molecule has 1 aliphatic carbocycles. The fourth-order valence-electron chi connectivity index (χ4n) is 3.13. The van der Waals surface area contributed by atoms with E-state index in [1.165, 1.54) is 19.3 Å². The molecule has 0 radical (unpaired) electrons. The van der Waals surface area contributed by atoms with Gasteiger partial charge < -0.3 is 10.8 Å². The summed E-state index contributed by atoms with van der Waals surface area (Å²) in [5.41, 5.74) is 5.74. The minimum absolute atomic E-state index is 0.274. The second-order valence-corrected chi connectivity index (χ2v) is 4.86. The summed E-state index contributed by atoms with van der Waals surface area (Å²) in [4.78, 5) is 12.9. The molecule has 4 heteroatoms. The number of nitrogens with two attached hydrogens (primary N) is 1. The van der Waals surface area contributed by atoms with E-state index in [-0.39, 0.29) is 6.42 Å². The summed E-state index contributed by atoms with van der Waals surface area (Å²) in [6, 6.07) is 0.600. The van der Waals surface area contributed by atoms with Gasteiger partial charge in [0.25, 0.3) is 0 Å². The van der Waals surface area contributed by atoms with Crippen LogP contribution in [0.5, 0.6) is 0 Å². The van der Waals surface area contributed by atoms with Gasteiger partial charge in [0.05, 0.1) is 6.42 Å². The third kappa shape index (κ3) is 2.32. The van der Waals surface area contributed by atoms with Crippen molar-refractivity contribution in [1.82, 2.24) is 4.90 Å². The molecule has 0 aromatic carbocycles. The van der Waals surface area contributed by atoms with Crippen LogP contribution in [0.3, 0.4) is 0 Å². The third-order valence-corrected chi connectivity index (χ3v) is 4.01. The average Bonchev–Trinajstić information content (AvgIpc) is 2.27. The SMILES string of the molecule is NCC1CC2CCC1CN2CCC(=O)O. The molecule has 3 aliphatic rings. The van der Waals surface area contributed by atoms with E-state index in [2.05, 4.69) is 4.90 Å². The topological polar surface area (TPSA) is 66.6 Å². The highest BCUT2D eigenvalue weighted by Crippen LogP contribution is 2.38.